The molecule has 9 nitrogen and oxygen atoms in total. The number of hydrogen-bond acceptors (Lipinski definition) is 6. The van der Waals surface area contributed by atoms with Crippen LogP contribution < -0.4 is 19.9 Å². The van der Waals surface area contributed by atoms with Gasteiger partial charge in [0.1, 0.15) is 17.4 Å². The van der Waals surface area contributed by atoms with Gasteiger partial charge in [0, 0.05) is 41.7 Å². The number of imidazole rings is 1. The van der Waals surface area contributed by atoms with E-state index in [9.17, 15) is 18.0 Å². The lowest BCUT2D eigenvalue weighted by molar-refractivity contribution is -0.274. The van der Waals surface area contributed by atoms with E-state index in [1.54, 1.807) is 24.2 Å². The van der Waals surface area contributed by atoms with Crippen LogP contribution in [-0.4, -0.2) is 45.4 Å². The summed E-state index contributed by atoms with van der Waals surface area (Å²) in [5.41, 5.74) is 3.60. The molecule has 2 aromatic heterocycles. The number of para-hydroxylation sites is 1. The standard InChI is InChI=1S/C27H24F3N7O2/c1-15-7-8-16(23-31-13-20(34-23)19-5-3-4-6-22(19)39-27(28,29)30)11-21(15)37-14-17-12-32-25(33-18-9-10-18)35-24(17)36(2)26(37)38/h3-8,11-13,18H,9-10,14H2,1-2H3,(H,31,34)(H,32,33,35). The van der Waals surface area contributed by atoms with Crippen LogP contribution in [0.15, 0.2) is 54.9 Å². The molecular weight excluding hydrogens is 511 g/mol. The Balaban J connectivity index is 1.30. The number of H-pyrrole nitrogens is 1. The number of carbonyl (C=O) groups is 1. The summed E-state index contributed by atoms with van der Waals surface area (Å²) >= 11 is 0. The van der Waals surface area contributed by atoms with Crippen LogP contribution >= 0.6 is 0 Å². The zero-order chi connectivity index (χ0) is 27.3. The van der Waals surface area contributed by atoms with Crippen LogP contribution in [0, 0.1) is 6.92 Å². The second kappa shape index (κ2) is 9.29. The molecular formula is C27H24F3N7O2. The molecule has 1 aliphatic carbocycles. The zero-order valence-corrected chi connectivity index (χ0v) is 21.1. The molecule has 3 heterocycles. The van der Waals surface area contributed by atoms with Crippen molar-refractivity contribution in [2.45, 2.75) is 38.7 Å². The monoisotopic (exact) mass is 535 g/mol. The summed E-state index contributed by atoms with van der Waals surface area (Å²) in [6, 6.07) is 11.5. The molecule has 12 heteroatoms. The lowest BCUT2D eigenvalue weighted by Crippen LogP contribution is -2.46. The predicted octanol–water partition coefficient (Wildman–Crippen LogP) is 5.89. The van der Waals surface area contributed by atoms with Crippen LogP contribution in [0.4, 0.5) is 35.4 Å². The first-order valence-corrected chi connectivity index (χ1v) is 12.3. The number of alkyl halides is 3. The number of carbonyl (C=O) groups excluding carboxylic acids is 1. The van der Waals surface area contributed by atoms with E-state index in [4.69, 9.17) is 0 Å². The van der Waals surface area contributed by atoms with Gasteiger partial charge in [-0.2, -0.15) is 4.98 Å². The van der Waals surface area contributed by atoms with Crippen molar-refractivity contribution in [1.29, 1.82) is 0 Å². The van der Waals surface area contributed by atoms with Gasteiger partial charge in [0.25, 0.3) is 0 Å². The number of aromatic amines is 1. The minimum Gasteiger partial charge on any atom is -0.405 e. The number of aromatic nitrogens is 4. The Hall–Kier alpha value is -4.61. The van der Waals surface area contributed by atoms with Crippen molar-refractivity contribution in [3.8, 4) is 28.4 Å². The molecule has 4 aromatic rings. The van der Waals surface area contributed by atoms with E-state index in [0.717, 1.165) is 24.0 Å². The maximum atomic E-state index is 13.4. The van der Waals surface area contributed by atoms with Crippen LogP contribution in [0.25, 0.3) is 22.6 Å². The van der Waals surface area contributed by atoms with Crippen LogP contribution in [0.1, 0.15) is 24.0 Å². The second-order valence-electron chi connectivity index (χ2n) is 9.58. The number of rotatable bonds is 6. The molecule has 0 radical (unpaired) electrons. The van der Waals surface area contributed by atoms with Crippen molar-refractivity contribution in [2.75, 3.05) is 22.2 Å². The van der Waals surface area contributed by atoms with E-state index in [-0.39, 0.29) is 23.9 Å². The van der Waals surface area contributed by atoms with Crippen LogP contribution in [0.5, 0.6) is 5.75 Å². The van der Waals surface area contributed by atoms with Crippen molar-refractivity contribution < 1.29 is 22.7 Å². The summed E-state index contributed by atoms with van der Waals surface area (Å²) < 4.78 is 42.9. The van der Waals surface area contributed by atoms with Crippen molar-refractivity contribution in [2.24, 2.45) is 0 Å². The Morgan fingerprint density at radius 3 is 2.67 bits per heavy atom. The van der Waals surface area contributed by atoms with Crippen molar-refractivity contribution in [3.05, 3.63) is 66.0 Å². The Bertz CT molecular complexity index is 1570. The maximum absolute atomic E-state index is 13.4. The quantitative estimate of drug-likeness (QED) is 0.319. The third-order valence-corrected chi connectivity index (χ3v) is 6.67. The molecule has 2 aromatic carbocycles. The lowest BCUT2D eigenvalue weighted by Gasteiger charge is -2.35. The molecule has 1 saturated carbocycles. The molecule has 2 amide bonds. The summed E-state index contributed by atoms with van der Waals surface area (Å²) in [6.07, 6.45) is 0.542. The third kappa shape index (κ3) is 4.97. The largest absolute Gasteiger partial charge is 0.573 e. The normalized spacial score (nSPS) is 15.4. The Morgan fingerprint density at radius 2 is 1.90 bits per heavy atom. The van der Waals surface area contributed by atoms with Gasteiger partial charge in [-0.25, -0.2) is 14.8 Å². The number of benzene rings is 2. The summed E-state index contributed by atoms with van der Waals surface area (Å²) in [6.45, 7) is 2.19. The van der Waals surface area contributed by atoms with Gasteiger partial charge >= 0.3 is 12.4 Å². The van der Waals surface area contributed by atoms with Gasteiger partial charge in [-0.3, -0.25) is 9.80 Å². The Labute approximate surface area is 221 Å². The number of ether oxygens (including phenoxy) is 1. The number of fused-ring (bicyclic) bond motifs is 1. The summed E-state index contributed by atoms with van der Waals surface area (Å²) in [4.78, 5) is 33.0. The van der Waals surface area contributed by atoms with Gasteiger partial charge in [-0.1, -0.05) is 24.3 Å². The highest BCUT2D eigenvalue weighted by Crippen LogP contribution is 2.36. The van der Waals surface area contributed by atoms with Gasteiger partial charge in [0.15, 0.2) is 0 Å². The highest BCUT2D eigenvalue weighted by molar-refractivity contribution is 6.05. The lowest BCUT2D eigenvalue weighted by atomic mass is 10.1. The fraction of sp³-hybridized carbons (Fsp3) is 0.259. The molecule has 2 aliphatic rings. The fourth-order valence-electron chi connectivity index (χ4n) is 4.53. The third-order valence-electron chi connectivity index (χ3n) is 6.67. The Morgan fingerprint density at radius 1 is 1.10 bits per heavy atom. The van der Waals surface area contributed by atoms with Crippen LogP contribution in [-0.2, 0) is 6.54 Å². The first-order chi connectivity index (χ1) is 18.7. The topological polar surface area (TPSA) is 99.3 Å². The minimum atomic E-state index is -4.82. The van der Waals surface area contributed by atoms with E-state index in [1.165, 1.54) is 29.3 Å². The molecule has 0 atom stereocenters. The van der Waals surface area contributed by atoms with Gasteiger partial charge in [-0.15, -0.1) is 13.2 Å². The number of urea groups is 1. The number of hydrogen-bond donors (Lipinski definition) is 2. The highest BCUT2D eigenvalue weighted by Gasteiger charge is 2.33. The fourth-order valence-corrected chi connectivity index (χ4v) is 4.53. The number of halogens is 3. The van der Waals surface area contributed by atoms with E-state index >= 15 is 0 Å². The SMILES string of the molecule is Cc1ccc(-c2ncc(-c3ccccc3OC(F)(F)F)[nH]2)cc1N1Cc2cnc(NC3CC3)nc2N(C)C1=O. The Kier molecular flexibility index (Phi) is 5.89. The average molecular weight is 536 g/mol. The molecule has 2 N–H and O–H groups in total. The van der Waals surface area contributed by atoms with E-state index < -0.39 is 6.36 Å². The minimum absolute atomic E-state index is 0.223. The molecule has 6 rings (SSSR count). The molecule has 0 bridgehead atoms. The molecule has 0 spiro atoms. The maximum Gasteiger partial charge on any atom is 0.573 e. The average Bonchev–Trinajstić information content (AvgIpc) is 3.58. The molecule has 0 saturated heterocycles. The molecule has 1 fully saturated rings. The second-order valence-corrected chi connectivity index (χ2v) is 9.58. The molecule has 0 unspecified atom stereocenters. The summed E-state index contributed by atoms with van der Waals surface area (Å²) in [5, 5.41) is 3.26. The van der Waals surface area contributed by atoms with E-state index in [2.05, 4.69) is 30.0 Å². The van der Waals surface area contributed by atoms with Gasteiger partial charge < -0.3 is 15.0 Å². The van der Waals surface area contributed by atoms with Crippen molar-refractivity contribution in [1.82, 2.24) is 19.9 Å². The van der Waals surface area contributed by atoms with Gasteiger partial charge in [-0.05, 0) is 43.5 Å². The van der Waals surface area contributed by atoms with Crippen molar-refractivity contribution >= 4 is 23.5 Å². The number of nitrogens with zero attached hydrogens (tertiary/aromatic N) is 5. The first kappa shape index (κ1) is 24.7. The number of anilines is 3. The first-order valence-electron chi connectivity index (χ1n) is 12.3. The number of nitrogens with one attached hydrogen (secondary N) is 2. The van der Waals surface area contributed by atoms with Gasteiger partial charge in [0.2, 0.25) is 5.95 Å². The summed E-state index contributed by atoms with van der Waals surface area (Å²) in [7, 11) is 1.68. The van der Waals surface area contributed by atoms with E-state index in [1.807, 2.05) is 25.1 Å². The van der Waals surface area contributed by atoms with Crippen molar-refractivity contribution in [3.63, 3.8) is 0 Å². The predicted molar refractivity (Wildman–Crippen MR) is 140 cm³/mol. The smallest absolute Gasteiger partial charge is 0.405 e. The molecule has 200 valence electrons. The van der Waals surface area contributed by atoms with Crippen LogP contribution in [0.3, 0.4) is 0 Å². The number of aryl methyl sites for hydroxylation is 1. The highest BCUT2D eigenvalue weighted by atomic mass is 19.4. The van der Waals surface area contributed by atoms with E-state index in [0.29, 0.717) is 40.6 Å². The molecule has 1 aliphatic heterocycles. The zero-order valence-electron chi connectivity index (χ0n) is 21.1. The van der Waals surface area contributed by atoms with Crippen LogP contribution in [0.2, 0.25) is 0 Å². The summed E-state index contributed by atoms with van der Waals surface area (Å²) in [5.74, 6) is 1.19. The van der Waals surface area contributed by atoms with Gasteiger partial charge in [0.05, 0.1) is 18.4 Å². The molecule has 39 heavy (non-hydrogen) atoms. The number of amides is 2.